The van der Waals surface area contributed by atoms with Crippen molar-refractivity contribution in [2.45, 2.75) is 38.6 Å². The summed E-state index contributed by atoms with van der Waals surface area (Å²) in [7, 11) is 1.26. The third-order valence-electron chi connectivity index (χ3n) is 5.48. The molecule has 30 heavy (non-hydrogen) atoms. The lowest BCUT2D eigenvalue weighted by Gasteiger charge is -2.38. The van der Waals surface area contributed by atoms with Crippen molar-refractivity contribution in [3.8, 4) is 5.75 Å². The van der Waals surface area contributed by atoms with E-state index in [0.717, 1.165) is 12.1 Å². The quantitative estimate of drug-likeness (QED) is 0.381. The van der Waals surface area contributed by atoms with Crippen LogP contribution >= 0.6 is 0 Å². The van der Waals surface area contributed by atoms with Crippen molar-refractivity contribution >= 4 is 11.8 Å². The maximum absolute atomic E-state index is 14.5. The molecule has 0 bridgehead atoms. The van der Waals surface area contributed by atoms with Crippen LogP contribution in [0.5, 0.6) is 5.75 Å². The summed E-state index contributed by atoms with van der Waals surface area (Å²) in [5.74, 6) is -3.87. The highest BCUT2D eigenvalue weighted by Crippen LogP contribution is 2.48. The third kappa shape index (κ3) is 3.96. The molecular formula is C22H24F2O6. The van der Waals surface area contributed by atoms with Crippen LogP contribution in [0.25, 0.3) is 0 Å². The Morgan fingerprint density at radius 2 is 2.13 bits per heavy atom. The summed E-state index contributed by atoms with van der Waals surface area (Å²) in [6, 6.07) is 2.06. The highest BCUT2D eigenvalue weighted by atomic mass is 19.1. The molecule has 0 radical (unpaired) electrons. The molecular weight excluding hydrogens is 398 g/mol. The summed E-state index contributed by atoms with van der Waals surface area (Å²) in [5, 5.41) is 0. The molecule has 8 heteroatoms. The van der Waals surface area contributed by atoms with Gasteiger partial charge in [0.05, 0.1) is 7.11 Å². The van der Waals surface area contributed by atoms with E-state index in [9.17, 15) is 18.4 Å². The first-order valence-corrected chi connectivity index (χ1v) is 9.61. The van der Waals surface area contributed by atoms with Crippen LogP contribution in [-0.4, -0.2) is 37.4 Å². The number of ketones is 1. The number of rotatable bonds is 7. The number of ether oxygens (including phenoxy) is 4. The molecule has 1 aromatic carbocycles. The van der Waals surface area contributed by atoms with Crippen molar-refractivity contribution < 1.29 is 37.3 Å². The van der Waals surface area contributed by atoms with Crippen LogP contribution < -0.4 is 4.74 Å². The highest BCUT2D eigenvalue weighted by molar-refractivity contribution is 6.06. The third-order valence-corrected chi connectivity index (χ3v) is 5.48. The van der Waals surface area contributed by atoms with Gasteiger partial charge in [0.1, 0.15) is 29.7 Å². The molecule has 1 aliphatic heterocycles. The van der Waals surface area contributed by atoms with Gasteiger partial charge >= 0.3 is 5.97 Å². The summed E-state index contributed by atoms with van der Waals surface area (Å²) in [5.41, 5.74) is -1.02. The zero-order valence-corrected chi connectivity index (χ0v) is 17.1. The number of benzene rings is 1. The van der Waals surface area contributed by atoms with E-state index >= 15 is 0 Å². The van der Waals surface area contributed by atoms with Crippen molar-refractivity contribution in [3.63, 3.8) is 0 Å². The topological polar surface area (TPSA) is 71.1 Å². The Labute approximate surface area is 173 Å². The fourth-order valence-corrected chi connectivity index (χ4v) is 3.97. The molecule has 4 atom stereocenters. The fourth-order valence-electron chi connectivity index (χ4n) is 3.97. The first-order valence-electron chi connectivity index (χ1n) is 9.61. The average molecular weight is 422 g/mol. The van der Waals surface area contributed by atoms with Gasteiger partial charge in [0.25, 0.3) is 0 Å². The molecule has 0 spiro atoms. The van der Waals surface area contributed by atoms with E-state index in [-0.39, 0.29) is 36.5 Å². The van der Waals surface area contributed by atoms with E-state index in [0.29, 0.717) is 0 Å². The zero-order chi connectivity index (χ0) is 22.1. The first kappa shape index (κ1) is 22.0. The highest BCUT2D eigenvalue weighted by Gasteiger charge is 2.55. The molecule has 1 fully saturated rings. The van der Waals surface area contributed by atoms with Gasteiger partial charge in [-0.15, -0.1) is 0 Å². The molecule has 0 aromatic heterocycles. The van der Waals surface area contributed by atoms with Gasteiger partial charge in [0, 0.05) is 18.6 Å². The van der Waals surface area contributed by atoms with E-state index in [2.05, 4.69) is 6.58 Å². The molecule has 2 aliphatic rings. The van der Waals surface area contributed by atoms with Gasteiger partial charge in [-0.3, -0.25) is 9.59 Å². The van der Waals surface area contributed by atoms with Crippen molar-refractivity contribution in [1.29, 1.82) is 0 Å². The normalized spacial score (nSPS) is 26.3. The van der Waals surface area contributed by atoms with Crippen LogP contribution in [0.1, 0.15) is 25.8 Å². The molecule has 0 N–H and O–H groups in total. The van der Waals surface area contributed by atoms with E-state index in [1.807, 2.05) is 0 Å². The van der Waals surface area contributed by atoms with Gasteiger partial charge in [-0.2, -0.15) is 0 Å². The van der Waals surface area contributed by atoms with Gasteiger partial charge in [-0.05, 0) is 30.9 Å². The molecule has 162 valence electrons. The maximum atomic E-state index is 14.5. The van der Waals surface area contributed by atoms with Crippen molar-refractivity contribution in [2.75, 3.05) is 13.7 Å². The van der Waals surface area contributed by atoms with Crippen LogP contribution in [-0.2, 0) is 30.2 Å². The van der Waals surface area contributed by atoms with Gasteiger partial charge in [0.15, 0.2) is 23.6 Å². The summed E-state index contributed by atoms with van der Waals surface area (Å²) in [6.07, 6.45) is 2.06. The number of hydrogen-bond donors (Lipinski definition) is 0. The van der Waals surface area contributed by atoms with Gasteiger partial charge < -0.3 is 18.9 Å². The Kier molecular flexibility index (Phi) is 6.26. The molecule has 6 nitrogen and oxygen atoms in total. The minimum absolute atomic E-state index is 0.0145. The number of carbonyl (C=O) groups is 2. The Bertz CT molecular complexity index is 896. The van der Waals surface area contributed by atoms with Crippen LogP contribution in [0.15, 0.2) is 36.6 Å². The molecule has 1 unspecified atom stereocenters. The second kappa shape index (κ2) is 8.55. The SMILES string of the molecule is C=CCOC(=O)[C@@H]1C[C@]2([C@H](C)Cc3cc(F)c(OC)cc3F)OC(C)OC2=CC1=O. The number of hydrogen-bond acceptors (Lipinski definition) is 6. The molecule has 1 aromatic rings. The second-order valence-corrected chi connectivity index (χ2v) is 7.46. The monoisotopic (exact) mass is 422 g/mol. The largest absolute Gasteiger partial charge is 0.494 e. The van der Waals surface area contributed by atoms with Gasteiger partial charge in [-0.25, -0.2) is 8.78 Å². The average Bonchev–Trinajstić information content (AvgIpc) is 3.03. The van der Waals surface area contributed by atoms with E-state index in [1.165, 1.54) is 19.3 Å². The predicted molar refractivity (Wildman–Crippen MR) is 102 cm³/mol. The van der Waals surface area contributed by atoms with Crippen molar-refractivity contribution in [3.05, 3.63) is 53.8 Å². The van der Waals surface area contributed by atoms with Gasteiger partial charge in [-0.1, -0.05) is 19.6 Å². The van der Waals surface area contributed by atoms with Crippen LogP contribution in [0.3, 0.4) is 0 Å². The summed E-state index contributed by atoms with van der Waals surface area (Å²) >= 11 is 0. The van der Waals surface area contributed by atoms with Crippen molar-refractivity contribution in [2.24, 2.45) is 11.8 Å². The van der Waals surface area contributed by atoms with E-state index < -0.39 is 47.1 Å². The smallest absolute Gasteiger partial charge is 0.317 e. The number of carbonyl (C=O) groups excluding carboxylic acids is 2. The van der Waals surface area contributed by atoms with E-state index in [4.69, 9.17) is 18.9 Å². The number of methoxy groups -OCH3 is 1. The Balaban J connectivity index is 1.91. The first-order chi connectivity index (χ1) is 14.2. The predicted octanol–water partition coefficient (Wildman–Crippen LogP) is 3.49. The Morgan fingerprint density at radius 3 is 2.80 bits per heavy atom. The molecule has 1 saturated heterocycles. The van der Waals surface area contributed by atoms with Crippen LogP contribution in [0.4, 0.5) is 8.78 Å². The minimum atomic E-state index is -1.14. The Morgan fingerprint density at radius 1 is 1.40 bits per heavy atom. The number of halogens is 2. The molecule has 0 amide bonds. The summed E-state index contributed by atoms with van der Waals surface area (Å²) in [6.45, 7) is 6.90. The number of fused-ring (bicyclic) bond motifs is 1. The summed E-state index contributed by atoms with van der Waals surface area (Å²) in [4.78, 5) is 24.9. The molecule has 3 rings (SSSR count). The maximum Gasteiger partial charge on any atom is 0.317 e. The standard InChI is InChI=1S/C22H24F2O6/c1-5-6-28-21(26)15-11-22(20(10-18(15)25)29-13(3)30-22)12(2)7-14-8-17(24)19(27-4)9-16(14)23/h5,8-10,12-13,15H,1,6-7,11H2,2-4H3/t12-,13?,15-,22-/m1/s1. The lowest BCUT2D eigenvalue weighted by molar-refractivity contribution is -0.156. The molecule has 0 saturated carbocycles. The van der Waals surface area contributed by atoms with Crippen LogP contribution in [0, 0.1) is 23.5 Å². The fraction of sp³-hybridized carbons (Fsp3) is 0.455. The van der Waals surface area contributed by atoms with Gasteiger partial charge in [0.2, 0.25) is 0 Å². The van der Waals surface area contributed by atoms with E-state index in [1.54, 1.807) is 13.8 Å². The number of esters is 1. The van der Waals surface area contributed by atoms with Crippen molar-refractivity contribution in [1.82, 2.24) is 0 Å². The minimum Gasteiger partial charge on any atom is -0.494 e. The summed E-state index contributed by atoms with van der Waals surface area (Å²) < 4.78 is 50.2. The lowest BCUT2D eigenvalue weighted by atomic mass is 9.72. The van der Waals surface area contributed by atoms with Crippen LogP contribution in [0.2, 0.25) is 0 Å². The molecule has 1 aliphatic carbocycles. The zero-order valence-electron chi connectivity index (χ0n) is 17.1. The number of allylic oxidation sites excluding steroid dienone is 1. The Hall–Kier alpha value is -2.74. The second-order valence-electron chi connectivity index (χ2n) is 7.46. The lowest BCUT2D eigenvalue weighted by Crippen LogP contribution is -2.47. The molecule has 1 heterocycles.